The molecule has 19 heteroatoms. The topological polar surface area (TPSA) is 242 Å². The molecule has 5 rings (SSSR count). The van der Waals surface area contributed by atoms with Gasteiger partial charge in [-0.05, 0) is 84.6 Å². The van der Waals surface area contributed by atoms with Crippen LogP contribution in [0.4, 0.5) is 20.3 Å². The summed E-state index contributed by atoms with van der Waals surface area (Å²) in [6.45, 7) is 12.7. The molecule has 4 aromatic rings. The zero-order valence-electron chi connectivity index (χ0n) is 35.6. The lowest BCUT2D eigenvalue weighted by molar-refractivity contribution is -0.162. The fourth-order valence-corrected chi connectivity index (χ4v) is 6.52. The number of amides is 4. The van der Waals surface area contributed by atoms with Gasteiger partial charge in [-0.1, -0.05) is 48.5 Å². The number of hydrogen-bond acceptors (Lipinski definition) is 13. The predicted octanol–water partition coefficient (Wildman–Crippen LogP) is 5.35. The lowest BCUT2D eigenvalue weighted by Crippen LogP contribution is -2.50. The zero-order chi connectivity index (χ0) is 45.0. The van der Waals surface area contributed by atoms with Gasteiger partial charge in [0, 0.05) is 19.0 Å². The first-order valence-corrected chi connectivity index (χ1v) is 19.5. The third-order valence-electron chi connectivity index (χ3n) is 8.86. The second-order valence-electron chi connectivity index (χ2n) is 17.2. The molecule has 0 aliphatic heterocycles. The van der Waals surface area contributed by atoms with Crippen LogP contribution in [0.25, 0.3) is 22.3 Å². The lowest BCUT2D eigenvalue weighted by Gasteiger charge is -2.30. The molecule has 0 radical (unpaired) electrons. The number of imidazole rings is 1. The van der Waals surface area contributed by atoms with Crippen molar-refractivity contribution in [1.29, 1.82) is 0 Å². The third kappa shape index (κ3) is 11.5. The van der Waals surface area contributed by atoms with Crippen LogP contribution in [0, 0.1) is 0 Å². The highest BCUT2D eigenvalue weighted by atomic mass is 16.6. The SMILES string of the molecule is CC(C)(C)OC(=O)C[C@@H](C(=O)O)N(CCNC(=O)OCC1c2ccccc2-c2ccccc21)C(=O)Cn1cnc2c(=O)[nH]c(N(C(=O)OC(C)(C)C)C(=O)OC(C)(C)C)nc21. The molecule has 1 aliphatic rings. The smallest absolute Gasteiger partial charge is 0.427 e. The Balaban J connectivity index is 1.39. The first-order valence-electron chi connectivity index (χ1n) is 19.5. The molecular weight excluding hydrogens is 794 g/mol. The lowest BCUT2D eigenvalue weighted by atomic mass is 9.98. The number of H-pyrrole nitrogens is 1. The molecule has 3 N–H and O–H groups in total. The van der Waals surface area contributed by atoms with Gasteiger partial charge in [0.25, 0.3) is 5.56 Å². The number of esters is 1. The molecule has 19 nitrogen and oxygen atoms in total. The highest BCUT2D eigenvalue weighted by molar-refractivity contribution is 6.08. The van der Waals surface area contributed by atoms with Gasteiger partial charge < -0.3 is 38.8 Å². The fourth-order valence-electron chi connectivity index (χ4n) is 6.52. The van der Waals surface area contributed by atoms with Gasteiger partial charge >= 0.3 is 30.2 Å². The molecule has 4 amide bonds. The third-order valence-corrected chi connectivity index (χ3v) is 8.86. The zero-order valence-corrected chi connectivity index (χ0v) is 35.6. The fraction of sp³-hybridized carbons (Fsp3) is 0.452. The van der Waals surface area contributed by atoms with Gasteiger partial charge in [0.15, 0.2) is 11.2 Å². The standard InChI is InChI=1S/C42H51N7O12/c1-40(2,3)59-31(51)20-29(35(53)54)48(19-18-43-37(55)58-22-28-26-16-12-10-14-24(26)25-15-11-13-17-27(25)28)30(50)21-47-23-44-32-33(47)45-36(46-34(32)52)49(38(56)60-41(4,5)6)39(57)61-42(7,8)9/h10-17,23,28-29H,18-22H2,1-9H3,(H,43,55)(H,53,54)(H,45,46,52)/t29-/m0/s1. The Labute approximate surface area is 351 Å². The number of nitrogens with zero attached hydrogens (tertiary/aromatic N) is 5. The number of alkyl carbamates (subject to hydrolysis) is 1. The van der Waals surface area contributed by atoms with Crippen LogP contribution >= 0.6 is 0 Å². The highest BCUT2D eigenvalue weighted by Crippen LogP contribution is 2.44. The van der Waals surface area contributed by atoms with Gasteiger partial charge in [-0.3, -0.25) is 19.4 Å². The van der Waals surface area contributed by atoms with E-state index in [4.69, 9.17) is 18.9 Å². The minimum Gasteiger partial charge on any atom is -0.480 e. The Bertz CT molecular complexity index is 2310. The van der Waals surface area contributed by atoms with E-state index in [-0.39, 0.29) is 30.2 Å². The summed E-state index contributed by atoms with van der Waals surface area (Å²) in [5.74, 6) is -4.19. The number of nitrogens with one attached hydrogen (secondary N) is 2. The van der Waals surface area contributed by atoms with Crippen LogP contribution in [0.2, 0.25) is 0 Å². The number of carbonyl (C=O) groups excluding carboxylic acids is 5. The maximum absolute atomic E-state index is 14.2. The van der Waals surface area contributed by atoms with Gasteiger partial charge in [0.05, 0.1) is 12.7 Å². The minimum absolute atomic E-state index is 0.00000586. The van der Waals surface area contributed by atoms with E-state index in [9.17, 15) is 38.7 Å². The molecular formula is C42H51N7O12. The van der Waals surface area contributed by atoms with Crippen LogP contribution in [-0.4, -0.2) is 108 Å². The number of aromatic nitrogens is 4. The number of rotatable bonds is 12. The molecule has 0 saturated heterocycles. The van der Waals surface area contributed by atoms with Crippen molar-refractivity contribution in [2.24, 2.45) is 0 Å². The monoisotopic (exact) mass is 845 g/mol. The Morgan fingerprint density at radius 2 is 1.38 bits per heavy atom. The van der Waals surface area contributed by atoms with Gasteiger partial charge in [-0.25, -0.2) is 24.2 Å². The number of aliphatic carboxylic acids is 1. The second-order valence-corrected chi connectivity index (χ2v) is 17.2. The summed E-state index contributed by atoms with van der Waals surface area (Å²) >= 11 is 0. The molecule has 1 aliphatic carbocycles. The van der Waals surface area contributed by atoms with Crippen LogP contribution in [0.1, 0.15) is 85.8 Å². The molecule has 2 aromatic heterocycles. The number of carbonyl (C=O) groups is 6. The number of benzene rings is 2. The molecule has 0 fully saturated rings. The summed E-state index contributed by atoms with van der Waals surface area (Å²) in [6.07, 6.45) is -2.96. The van der Waals surface area contributed by atoms with Crippen molar-refractivity contribution in [3.05, 3.63) is 76.3 Å². The van der Waals surface area contributed by atoms with Crippen molar-refractivity contribution in [2.75, 3.05) is 24.6 Å². The number of imide groups is 1. The Morgan fingerprint density at radius 3 is 1.90 bits per heavy atom. The normalized spacial score (nSPS) is 13.1. The number of hydrogen-bond donors (Lipinski definition) is 3. The quantitative estimate of drug-likeness (QED) is 0.120. The summed E-state index contributed by atoms with van der Waals surface area (Å²) in [7, 11) is 0. The van der Waals surface area contributed by atoms with E-state index in [1.165, 1.54) is 0 Å². The Morgan fingerprint density at radius 1 is 0.836 bits per heavy atom. The maximum Gasteiger partial charge on any atom is 0.427 e. The van der Waals surface area contributed by atoms with Crippen LogP contribution in [0.5, 0.6) is 0 Å². The predicted molar refractivity (Wildman–Crippen MR) is 220 cm³/mol. The first kappa shape index (κ1) is 45.3. The van der Waals surface area contributed by atoms with Crippen LogP contribution in [0.15, 0.2) is 59.7 Å². The number of carboxylic acids is 1. The molecule has 0 bridgehead atoms. The summed E-state index contributed by atoms with van der Waals surface area (Å²) in [4.78, 5) is 105. The van der Waals surface area contributed by atoms with Crippen molar-refractivity contribution < 1.29 is 52.8 Å². The Kier molecular flexibility index (Phi) is 13.2. The number of aromatic amines is 1. The van der Waals surface area contributed by atoms with E-state index in [0.717, 1.165) is 38.0 Å². The number of ether oxygens (including phenoxy) is 4. The minimum atomic E-state index is -1.77. The van der Waals surface area contributed by atoms with Gasteiger partial charge in [-0.2, -0.15) is 4.98 Å². The second kappa shape index (κ2) is 17.8. The van der Waals surface area contributed by atoms with Crippen LogP contribution < -0.4 is 15.8 Å². The van der Waals surface area contributed by atoms with Crippen molar-refractivity contribution in [3.63, 3.8) is 0 Å². The molecule has 326 valence electrons. The average molecular weight is 846 g/mol. The van der Waals surface area contributed by atoms with E-state index in [2.05, 4.69) is 20.3 Å². The van der Waals surface area contributed by atoms with Crippen molar-refractivity contribution in [2.45, 2.75) is 104 Å². The summed E-state index contributed by atoms with van der Waals surface area (Å²) in [5, 5.41) is 12.9. The molecule has 2 aromatic carbocycles. The first-order chi connectivity index (χ1) is 28.4. The van der Waals surface area contributed by atoms with Gasteiger partial charge in [0.1, 0.15) is 36.0 Å². The van der Waals surface area contributed by atoms with E-state index >= 15 is 0 Å². The van der Waals surface area contributed by atoms with Gasteiger partial charge in [0.2, 0.25) is 11.9 Å². The highest BCUT2D eigenvalue weighted by Gasteiger charge is 2.37. The van der Waals surface area contributed by atoms with E-state index < -0.39 is 90.0 Å². The van der Waals surface area contributed by atoms with E-state index in [1.54, 1.807) is 62.3 Å². The summed E-state index contributed by atoms with van der Waals surface area (Å²) in [6, 6.07) is 13.8. The van der Waals surface area contributed by atoms with E-state index in [0.29, 0.717) is 4.90 Å². The number of anilines is 1. The maximum atomic E-state index is 14.2. The van der Waals surface area contributed by atoms with E-state index in [1.807, 2.05) is 48.5 Å². The molecule has 1 atom stereocenters. The summed E-state index contributed by atoms with van der Waals surface area (Å²) < 4.78 is 22.8. The molecule has 0 spiro atoms. The van der Waals surface area contributed by atoms with Crippen LogP contribution in [0.3, 0.4) is 0 Å². The molecule has 2 heterocycles. The average Bonchev–Trinajstić information content (AvgIpc) is 3.68. The molecule has 61 heavy (non-hydrogen) atoms. The van der Waals surface area contributed by atoms with Crippen molar-refractivity contribution in [3.8, 4) is 11.1 Å². The largest absolute Gasteiger partial charge is 0.480 e. The number of carboxylic acid groups (broad SMARTS) is 1. The Hall–Kier alpha value is -6.79. The summed E-state index contributed by atoms with van der Waals surface area (Å²) in [5.41, 5.74) is -0.543. The van der Waals surface area contributed by atoms with Gasteiger partial charge in [-0.15, -0.1) is 4.90 Å². The molecule has 0 unspecified atom stereocenters. The van der Waals surface area contributed by atoms with Crippen molar-refractivity contribution >= 4 is 53.2 Å². The molecule has 0 saturated carbocycles. The van der Waals surface area contributed by atoms with Crippen molar-refractivity contribution in [1.82, 2.24) is 29.7 Å². The van der Waals surface area contributed by atoms with Crippen LogP contribution in [-0.2, 0) is 39.9 Å². The number of fused-ring (bicyclic) bond motifs is 4.